The first kappa shape index (κ1) is 19.6. The van der Waals surface area contributed by atoms with Crippen molar-refractivity contribution in [3.8, 4) is 11.5 Å². The number of anilines is 1. The molecule has 6 nitrogen and oxygen atoms in total. The van der Waals surface area contributed by atoms with Gasteiger partial charge in [-0.25, -0.2) is 5.84 Å². The minimum atomic E-state index is -0.558. The summed E-state index contributed by atoms with van der Waals surface area (Å²) in [6, 6.07) is 8.39. The van der Waals surface area contributed by atoms with Crippen molar-refractivity contribution in [2.75, 3.05) is 12.4 Å². The molecule has 0 saturated heterocycles. The molecule has 0 bridgehead atoms. The maximum absolute atomic E-state index is 12.1. The average molecular weight is 492 g/mol. The van der Waals surface area contributed by atoms with Crippen molar-refractivity contribution < 1.29 is 14.6 Å². The summed E-state index contributed by atoms with van der Waals surface area (Å²) in [5.41, 5.74) is 3.20. The molecule has 132 valence electrons. The molecular weight excluding hydrogens is 477 g/mol. The van der Waals surface area contributed by atoms with E-state index in [0.29, 0.717) is 31.0 Å². The van der Waals surface area contributed by atoms with E-state index >= 15 is 0 Å². The number of benzene rings is 2. The zero-order valence-electron chi connectivity index (χ0n) is 12.9. The number of phenols is 1. The van der Waals surface area contributed by atoms with Crippen LogP contribution >= 0.6 is 43.5 Å². The average Bonchev–Trinajstić information content (AvgIpc) is 2.60. The maximum atomic E-state index is 12.1. The summed E-state index contributed by atoms with van der Waals surface area (Å²) in [7, 11) is 1.48. The Morgan fingerprint density at radius 2 is 1.96 bits per heavy atom. The van der Waals surface area contributed by atoms with Crippen LogP contribution in [0.3, 0.4) is 0 Å². The fourth-order valence-electron chi connectivity index (χ4n) is 1.99. The van der Waals surface area contributed by atoms with Gasteiger partial charge in [0.1, 0.15) is 15.9 Å². The SMILES string of the molecule is COc1c(Br)cc(/C=C(/Nc2ccc(Cl)cc2)C(=O)NN)c(O)c1Br. The van der Waals surface area contributed by atoms with E-state index in [1.165, 1.54) is 13.2 Å². The number of aromatic hydroxyl groups is 1. The van der Waals surface area contributed by atoms with Crippen LogP contribution < -0.4 is 21.3 Å². The highest BCUT2D eigenvalue weighted by molar-refractivity contribution is 9.11. The molecule has 1 amide bonds. The third-order valence-corrected chi connectivity index (χ3v) is 4.76. The minimum Gasteiger partial charge on any atom is -0.506 e. The lowest BCUT2D eigenvalue weighted by molar-refractivity contribution is -0.117. The van der Waals surface area contributed by atoms with Crippen LogP contribution in [0.15, 0.2) is 45.0 Å². The fourth-order valence-corrected chi connectivity index (χ4v) is 3.59. The first-order valence-corrected chi connectivity index (χ1v) is 8.84. The molecule has 0 heterocycles. The summed E-state index contributed by atoms with van der Waals surface area (Å²) < 4.78 is 6.15. The Morgan fingerprint density at radius 1 is 1.32 bits per heavy atom. The molecule has 0 aliphatic heterocycles. The Hall–Kier alpha value is -1.74. The van der Waals surface area contributed by atoms with Crippen molar-refractivity contribution in [2.24, 2.45) is 5.84 Å². The smallest absolute Gasteiger partial charge is 0.281 e. The third kappa shape index (κ3) is 4.66. The number of carbonyl (C=O) groups excluding carboxylic acids is 1. The number of nitrogens with one attached hydrogen (secondary N) is 2. The normalized spacial score (nSPS) is 11.2. The summed E-state index contributed by atoms with van der Waals surface area (Å²) in [5.74, 6) is 5.04. The van der Waals surface area contributed by atoms with Gasteiger partial charge in [0.05, 0.1) is 11.6 Å². The molecular formula is C16H14Br2ClN3O3. The molecule has 0 aromatic heterocycles. The number of ether oxygens (including phenoxy) is 1. The number of rotatable bonds is 5. The van der Waals surface area contributed by atoms with Crippen molar-refractivity contribution in [1.82, 2.24) is 5.43 Å². The van der Waals surface area contributed by atoms with Gasteiger partial charge in [0, 0.05) is 16.3 Å². The van der Waals surface area contributed by atoms with E-state index in [9.17, 15) is 9.90 Å². The first-order chi connectivity index (χ1) is 11.9. The molecule has 25 heavy (non-hydrogen) atoms. The Labute approximate surface area is 166 Å². The van der Waals surface area contributed by atoms with Crippen molar-refractivity contribution in [3.05, 3.63) is 55.6 Å². The number of carbonyl (C=O) groups is 1. The predicted octanol–water partition coefficient (Wildman–Crippen LogP) is 4.02. The molecule has 9 heteroatoms. The van der Waals surface area contributed by atoms with E-state index in [2.05, 4.69) is 42.6 Å². The molecule has 2 aromatic carbocycles. The molecule has 0 aliphatic rings. The van der Waals surface area contributed by atoms with E-state index in [4.69, 9.17) is 22.2 Å². The second kappa shape index (κ2) is 8.57. The van der Waals surface area contributed by atoms with Gasteiger partial charge in [-0.1, -0.05) is 11.6 Å². The van der Waals surface area contributed by atoms with Crippen LogP contribution in [0.5, 0.6) is 11.5 Å². The number of amides is 1. The van der Waals surface area contributed by atoms with Gasteiger partial charge in [-0.3, -0.25) is 10.2 Å². The van der Waals surface area contributed by atoms with Crippen LogP contribution in [0.2, 0.25) is 5.02 Å². The molecule has 0 atom stereocenters. The van der Waals surface area contributed by atoms with E-state index in [1.807, 2.05) is 0 Å². The Balaban J connectivity index is 2.48. The lowest BCUT2D eigenvalue weighted by atomic mass is 10.1. The van der Waals surface area contributed by atoms with E-state index in [-0.39, 0.29) is 11.4 Å². The monoisotopic (exact) mass is 489 g/mol. The van der Waals surface area contributed by atoms with Crippen LogP contribution in [0.25, 0.3) is 6.08 Å². The minimum absolute atomic E-state index is 0.0831. The summed E-state index contributed by atoms with van der Waals surface area (Å²) in [6.07, 6.45) is 1.46. The van der Waals surface area contributed by atoms with E-state index in [1.54, 1.807) is 30.3 Å². The van der Waals surface area contributed by atoms with Gasteiger partial charge >= 0.3 is 0 Å². The fraction of sp³-hybridized carbons (Fsp3) is 0.0625. The van der Waals surface area contributed by atoms with Gasteiger partial charge in [0.15, 0.2) is 5.75 Å². The van der Waals surface area contributed by atoms with Gasteiger partial charge in [-0.2, -0.15) is 0 Å². The lowest BCUT2D eigenvalue weighted by Crippen LogP contribution is -2.33. The van der Waals surface area contributed by atoms with Crippen LogP contribution in [-0.4, -0.2) is 18.1 Å². The van der Waals surface area contributed by atoms with Crippen molar-refractivity contribution in [2.45, 2.75) is 0 Å². The number of methoxy groups -OCH3 is 1. The largest absolute Gasteiger partial charge is 0.506 e. The number of hydrogen-bond donors (Lipinski definition) is 4. The van der Waals surface area contributed by atoms with Crippen LogP contribution in [0.4, 0.5) is 5.69 Å². The highest BCUT2D eigenvalue weighted by atomic mass is 79.9. The zero-order chi connectivity index (χ0) is 18.6. The van der Waals surface area contributed by atoms with Gasteiger partial charge in [0.25, 0.3) is 5.91 Å². The number of phenolic OH excluding ortho intramolecular Hbond substituents is 1. The van der Waals surface area contributed by atoms with Gasteiger partial charge in [-0.05, 0) is 68.3 Å². The molecule has 5 N–H and O–H groups in total. The summed E-state index contributed by atoms with van der Waals surface area (Å²) in [5, 5.41) is 13.8. The molecule has 0 radical (unpaired) electrons. The lowest BCUT2D eigenvalue weighted by Gasteiger charge is -2.13. The number of nitrogens with two attached hydrogens (primary N) is 1. The Kier molecular flexibility index (Phi) is 6.71. The van der Waals surface area contributed by atoms with Crippen LogP contribution in [0.1, 0.15) is 5.56 Å². The Morgan fingerprint density at radius 3 is 2.52 bits per heavy atom. The number of halogens is 3. The van der Waals surface area contributed by atoms with Gasteiger partial charge in [-0.15, -0.1) is 0 Å². The zero-order valence-corrected chi connectivity index (χ0v) is 16.9. The molecule has 2 aromatic rings. The Bertz CT molecular complexity index is 826. The van der Waals surface area contributed by atoms with E-state index < -0.39 is 5.91 Å². The molecule has 0 fully saturated rings. The van der Waals surface area contributed by atoms with Crippen LogP contribution in [0, 0.1) is 0 Å². The maximum Gasteiger partial charge on any atom is 0.281 e. The molecule has 0 spiro atoms. The molecule has 2 rings (SSSR count). The predicted molar refractivity (Wildman–Crippen MR) is 105 cm³/mol. The molecule has 0 saturated carbocycles. The quantitative estimate of drug-likeness (QED) is 0.219. The highest BCUT2D eigenvalue weighted by Gasteiger charge is 2.16. The standard InChI is InChI=1S/C16H14Br2ClN3O3/c1-25-15-11(17)6-8(14(23)13(15)18)7-12(16(24)22-20)21-10-4-2-9(19)3-5-10/h2-7,21,23H,20H2,1H3,(H,22,24)/b12-7+. The summed E-state index contributed by atoms with van der Waals surface area (Å²) in [6.45, 7) is 0. The second-order valence-electron chi connectivity index (χ2n) is 4.81. The topological polar surface area (TPSA) is 96.6 Å². The third-order valence-electron chi connectivity index (χ3n) is 3.18. The van der Waals surface area contributed by atoms with Crippen molar-refractivity contribution in [3.63, 3.8) is 0 Å². The number of hydrogen-bond acceptors (Lipinski definition) is 5. The summed E-state index contributed by atoms with van der Waals surface area (Å²) in [4.78, 5) is 12.1. The van der Waals surface area contributed by atoms with Gasteiger partial charge in [0.2, 0.25) is 0 Å². The molecule has 0 aliphatic carbocycles. The number of hydrazine groups is 1. The second-order valence-corrected chi connectivity index (χ2v) is 6.89. The van der Waals surface area contributed by atoms with Crippen LogP contribution in [-0.2, 0) is 4.79 Å². The van der Waals surface area contributed by atoms with Gasteiger partial charge < -0.3 is 15.2 Å². The van der Waals surface area contributed by atoms with Crippen molar-refractivity contribution in [1.29, 1.82) is 0 Å². The highest BCUT2D eigenvalue weighted by Crippen LogP contribution is 2.42. The van der Waals surface area contributed by atoms with Crippen molar-refractivity contribution >= 4 is 61.1 Å². The van der Waals surface area contributed by atoms with E-state index in [0.717, 1.165) is 0 Å². The molecule has 0 unspecified atom stereocenters. The summed E-state index contributed by atoms with van der Waals surface area (Å²) >= 11 is 12.5. The first-order valence-electron chi connectivity index (χ1n) is 6.87.